The Labute approximate surface area is 165 Å². The van der Waals surface area contributed by atoms with Crippen LogP contribution in [0.1, 0.15) is 46.1 Å². The lowest BCUT2D eigenvalue weighted by molar-refractivity contribution is 0.0697. The van der Waals surface area contributed by atoms with Crippen LogP contribution >= 0.6 is 0 Å². The summed E-state index contributed by atoms with van der Waals surface area (Å²) in [5, 5.41) is 9.41. The molecule has 1 saturated heterocycles. The third kappa shape index (κ3) is 3.82. The molecular formula is C24H24N2O2. The highest BCUT2D eigenvalue weighted by molar-refractivity contribution is 5.95. The topological polar surface area (TPSA) is 53.4 Å². The average molecular weight is 372 g/mol. The first kappa shape index (κ1) is 18.4. The van der Waals surface area contributed by atoms with Gasteiger partial charge in [-0.15, -0.1) is 0 Å². The van der Waals surface area contributed by atoms with Gasteiger partial charge in [0.05, 0.1) is 17.3 Å². The van der Waals surface area contributed by atoms with Gasteiger partial charge in [-0.1, -0.05) is 48.5 Å². The van der Waals surface area contributed by atoms with Gasteiger partial charge in [0.25, 0.3) is 0 Å². The molecule has 3 aromatic rings. The van der Waals surface area contributed by atoms with E-state index in [1.54, 1.807) is 12.1 Å². The van der Waals surface area contributed by atoms with Gasteiger partial charge < -0.3 is 5.11 Å². The van der Waals surface area contributed by atoms with Crippen LogP contribution in [0.25, 0.3) is 11.1 Å². The van der Waals surface area contributed by atoms with E-state index in [2.05, 4.69) is 41.1 Å². The molecule has 0 spiro atoms. The predicted octanol–water partition coefficient (Wildman–Crippen LogP) is 5.09. The number of aromatic carboxylic acids is 1. The van der Waals surface area contributed by atoms with Crippen LogP contribution < -0.4 is 0 Å². The minimum atomic E-state index is -0.898. The first-order valence-corrected chi connectivity index (χ1v) is 9.70. The monoisotopic (exact) mass is 372 g/mol. The minimum absolute atomic E-state index is 0.334. The van der Waals surface area contributed by atoms with Crippen molar-refractivity contribution in [3.63, 3.8) is 0 Å². The molecule has 1 fully saturated rings. The summed E-state index contributed by atoms with van der Waals surface area (Å²) in [6, 6.07) is 20.0. The van der Waals surface area contributed by atoms with Crippen molar-refractivity contribution in [2.75, 3.05) is 6.54 Å². The van der Waals surface area contributed by atoms with E-state index < -0.39 is 5.97 Å². The SMILES string of the molecule is Cc1ccc(C2CCCN2Cc2ccc(-c3ccccc3C(=O)O)cc2)nc1. The van der Waals surface area contributed by atoms with Crippen molar-refractivity contribution in [1.29, 1.82) is 0 Å². The van der Waals surface area contributed by atoms with Gasteiger partial charge in [-0.3, -0.25) is 9.88 Å². The molecule has 1 aliphatic heterocycles. The van der Waals surface area contributed by atoms with Crippen molar-refractivity contribution in [2.45, 2.75) is 32.4 Å². The van der Waals surface area contributed by atoms with Gasteiger partial charge in [0.15, 0.2) is 0 Å². The van der Waals surface area contributed by atoms with Crippen LogP contribution in [0, 0.1) is 6.92 Å². The lowest BCUT2D eigenvalue weighted by atomic mass is 9.98. The number of nitrogens with zero attached hydrogens (tertiary/aromatic N) is 2. The van der Waals surface area contributed by atoms with E-state index in [0.717, 1.165) is 36.3 Å². The van der Waals surface area contributed by atoms with Crippen LogP contribution in [0.3, 0.4) is 0 Å². The maximum atomic E-state index is 11.5. The van der Waals surface area contributed by atoms with E-state index in [4.69, 9.17) is 0 Å². The molecule has 1 atom stereocenters. The molecule has 1 N–H and O–H groups in total. The largest absolute Gasteiger partial charge is 0.478 e. The molecule has 2 heterocycles. The zero-order chi connectivity index (χ0) is 19.5. The number of carbonyl (C=O) groups is 1. The van der Waals surface area contributed by atoms with Crippen molar-refractivity contribution in [3.8, 4) is 11.1 Å². The summed E-state index contributed by atoms with van der Waals surface area (Å²) in [7, 11) is 0. The van der Waals surface area contributed by atoms with E-state index in [1.807, 2.05) is 30.5 Å². The molecule has 2 aromatic carbocycles. The number of carboxylic acid groups (broad SMARTS) is 1. The highest BCUT2D eigenvalue weighted by atomic mass is 16.4. The molecule has 0 bridgehead atoms. The number of hydrogen-bond donors (Lipinski definition) is 1. The second kappa shape index (κ2) is 7.95. The first-order valence-electron chi connectivity index (χ1n) is 9.70. The molecular weight excluding hydrogens is 348 g/mol. The zero-order valence-electron chi connectivity index (χ0n) is 16.0. The van der Waals surface area contributed by atoms with Crippen LogP contribution in [-0.4, -0.2) is 27.5 Å². The third-order valence-electron chi connectivity index (χ3n) is 5.45. The number of benzene rings is 2. The molecule has 0 radical (unpaired) electrons. The number of carboxylic acids is 1. The maximum absolute atomic E-state index is 11.5. The van der Waals surface area contributed by atoms with E-state index in [0.29, 0.717) is 11.6 Å². The van der Waals surface area contributed by atoms with E-state index >= 15 is 0 Å². The summed E-state index contributed by atoms with van der Waals surface area (Å²) in [6.45, 7) is 4.01. The number of aromatic nitrogens is 1. The minimum Gasteiger partial charge on any atom is -0.478 e. The van der Waals surface area contributed by atoms with Gasteiger partial charge >= 0.3 is 5.97 Å². The average Bonchev–Trinajstić information content (AvgIpc) is 3.17. The lowest BCUT2D eigenvalue weighted by Gasteiger charge is -2.24. The number of pyridine rings is 1. The molecule has 4 rings (SSSR count). The van der Waals surface area contributed by atoms with Crippen molar-refractivity contribution in [3.05, 3.63) is 89.2 Å². The maximum Gasteiger partial charge on any atom is 0.336 e. The molecule has 0 aliphatic carbocycles. The first-order chi connectivity index (χ1) is 13.6. The normalized spacial score (nSPS) is 17.0. The van der Waals surface area contributed by atoms with Crippen molar-refractivity contribution in [1.82, 2.24) is 9.88 Å². The molecule has 28 heavy (non-hydrogen) atoms. The second-order valence-electron chi connectivity index (χ2n) is 7.44. The highest BCUT2D eigenvalue weighted by Gasteiger charge is 2.26. The van der Waals surface area contributed by atoms with Gasteiger partial charge in [-0.25, -0.2) is 4.79 Å². The summed E-state index contributed by atoms with van der Waals surface area (Å²) >= 11 is 0. The molecule has 0 saturated carbocycles. The molecule has 1 unspecified atom stereocenters. The standard InChI is InChI=1S/C24H24N2O2/c1-17-8-13-22(25-15-17)23-7-4-14-26(23)16-18-9-11-19(12-10-18)20-5-2-3-6-21(20)24(27)28/h2-3,5-6,8-13,15,23H,4,7,14,16H2,1H3,(H,27,28). The smallest absolute Gasteiger partial charge is 0.336 e. The third-order valence-corrected chi connectivity index (χ3v) is 5.45. The molecule has 4 nitrogen and oxygen atoms in total. The molecule has 0 amide bonds. The quantitative estimate of drug-likeness (QED) is 0.678. The van der Waals surface area contributed by atoms with Gasteiger partial charge in [0, 0.05) is 12.7 Å². The van der Waals surface area contributed by atoms with Gasteiger partial charge in [0.2, 0.25) is 0 Å². The van der Waals surface area contributed by atoms with Crippen LogP contribution in [-0.2, 0) is 6.54 Å². The fourth-order valence-corrected chi connectivity index (χ4v) is 3.97. The Morgan fingerprint density at radius 3 is 2.61 bits per heavy atom. The highest BCUT2D eigenvalue weighted by Crippen LogP contribution is 2.32. The predicted molar refractivity (Wildman–Crippen MR) is 110 cm³/mol. The van der Waals surface area contributed by atoms with Gasteiger partial charge in [-0.05, 0) is 60.7 Å². The fourth-order valence-electron chi connectivity index (χ4n) is 3.97. The number of hydrogen-bond acceptors (Lipinski definition) is 3. The van der Waals surface area contributed by atoms with Gasteiger partial charge in [-0.2, -0.15) is 0 Å². The van der Waals surface area contributed by atoms with Crippen molar-refractivity contribution < 1.29 is 9.90 Å². The van der Waals surface area contributed by atoms with E-state index in [-0.39, 0.29) is 0 Å². The Bertz CT molecular complexity index is 965. The summed E-state index contributed by atoms with van der Waals surface area (Å²) in [6.07, 6.45) is 4.27. The molecule has 1 aromatic heterocycles. The number of rotatable bonds is 5. The number of aryl methyl sites for hydroxylation is 1. The fraction of sp³-hybridized carbons (Fsp3) is 0.250. The Morgan fingerprint density at radius 1 is 1.11 bits per heavy atom. The molecule has 1 aliphatic rings. The Balaban J connectivity index is 1.52. The summed E-state index contributed by atoms with van der Waals surface area (Å²) in [4.78, 5) is 18.6. The van der Waals surface area contributed by atoms with Crippen LogP contribution in [0.2, 0.25) is 0 Å². The summed E-state index contributed by atoms with van der Waals surface area (Å²) in [5.41, 5.74) is 5.58. The zero-order valence-corrected chi connectivity index (χ0v) is 16.0. The lowest BCUT2D eigenvalue weighted by Crippen LogP contribution is -2.23. The van der Waals surface area contributed by atoms with Crippen LogP contribution in [0.4, 0.5) is 0 Å². The molecule has 142 valence electrons. The Hall–Kier alpha value is -2.98. The van der Waals surface area contributed by atoms with E-state index in [1.165, 1.54) is 17.5 Å². The second-order valence-corrected chi connectivity index (χ2v) is 7.44. The Kier molecular flexibility index (Phi) is 5.22. The Morgan fingerprint density at radius 2 is 1.89 bits per heavy atom. The summed E-state index contributed by atoms with van der Waals surface area (Å²) in [5.74, 6) is -0.898. The van der Waals surface area contributed by atoms with E-state index in [9.17, 15) is 9.90 Å². The van der Waals surface area contributed by atoms with Crippen molar-refractivity contribution >= 4 is 5.97 Å². The number of likely N-dealkylation sites (tertiary alicyclic amines) is 1. The van der Waals surface area contributed by atoms with Crippen molar-refractivity contribution in [2.24, 2.45) is 0 Å². The van der Waals surface area contributed by atoms with Crippen LogP contribution in [0.5, 0.6) is 0 Å². The summed E-state index contributed by atoms with van der Waals surface area (Å²) < 4.78 is 0. The molecule has 4 heteroatoms. The van der Waals surface area contributed by atoms with Crippen LogP contribution in [0.15, 0.2) is 66.9 Å². The van der Waals surface area contributed by atoms with Gasteiger partial charge in [0.1, 0.15) is 0 Å².